The monoisotopic (exact) mass is 599 g/mol. The normalized spacial score (nSPS) is 11.2. The lowest BCUT2D eigenvalue weighted by Crippen LogP contribution is -2.11. The lowest BCUT2D eigenvalue weighted by atomic mass is 10.2. The number of nitro benzene ring substituents is 1. The lowest BCUT2D eigenvalue weighted by Gasteiger charge is -2.13. The molecule has 2 aromatic carbocycles. The summed E-state index contributed by atoms with van der Waals surface area (Å²) in [7, 11) is -2.97. The minimum Gasteiger partial charge on any atom is -0.493 e. The van der Waals surface area contributed by atoms with Crippen LogP contribution in [0.15, 0.2) is 64.7 Å². The van der Waals surface area contributed by atoms with Gasteiger partial charge in [-0.15, -0.1) is 0 Å². The Labute approximate surface area is 206 Å². The third kappa shape index (κ3) is 5.93. The molecule has 1 heterocycles. The third-order valence-corrected chi connectivity index (χ3v) is 6.17. The molecule has 0 saturated carbocycles. The van der Waals surface area contributed by atoms with Gasteiger partial charge in [-0.05, 0) is 58.5 Å². The number of halogens is 1. The molecule has 0 unspecified atom stereocenters. The number of pyridine rings is 1. The third-order valence-electron chi connectivity index (χ3n) is 4.13. The molecule has 176 valence electrons. The van der Waals surface area contributed by atoms with Crippen molar-refractivity contribution >= 4 is 56.1 Å². The molecule has 0 saturated heterocycles. The highest BCUT2D eigenvalue weighted by molar-refractivity contribution is 14.1. The van der Waals surface area contributed by atoms with Crippen molar-refractivity contribution in [3.63, 3.8) is 0 Å². The van der Waals surface area contributed by atoms with Gasteiger partial charge in [-0.3, -0.25) is 25.7 Å². The van der Waals surface area contributed by atoms with Crippen LogP contribution < -0.4 is 14.3 Å². The highest BCUT2D eigenvalue weighted by Gasteiger charge is 2.22. The fraction of sp³-hybridized carbons (Fsp3) is 0.0526. The van der Waals surface area contributed by atoms with Crippen LogP contribution >= 0.6 is 22.6 Å². The summed E-state index contributed by atoms with van der Waals surface area (Å²) >= 11 is 1.86. The number of nitrogens with zero attached hydrogens (tertiary/aromatic N) is 4. The molecule has 15 heteroatoms. The first-order valence-corrected chi connectivity index (χ1v) is 11.6. The maximum atomic E-state index is 12.6. The predicted molar refractivity (Wildman–Crippen MR) is 129 cm³/mol. The SMILES string of the molecule is COc1cc(/C=N\Nc2ccc([N+](=O)[O-])cn2)cc(I)c1OS(=O)(=O)c1ccc([N+](=O)[O-])cc1. The number of anilines is 1. The van der Waals surface area contributed by atoms with Gasteiger partial charge in [-0.25, -0.2) is 4.98 Å². The number of methoxy groups -OCH3 is 1. The van der Waals surface area contributed by atoms with Crippen molar-refractivity contribution in [2.75, 3.05) is 12.5 Å². The molecule has 0 atom stereocenters. The van der Waals surface area contributed by atoms with Crippen LogP contribution in [-0.2, 0) is 10.1 Å². The van der Waals surface area contributed by atoms with Crippen LogP contribution in [0.5, 0.6) is 11.5 Å². The Morgan fingerprint density at radius 3 is 2.26 bits per heavy atom. The van der Waals surface area contributed by atoms with Gasteiger partial charge < -0.3 is 8.92 Å². The molecule has 1 N–H and O–H groups in total. The number of aromatic nitrogens is 1. The van der Waals surface area contributed by atoms with Crippen LogP contribution in [0, 0.1) is 23.8 Å². The van der Waals surface area contributed by atoms with Gasteiger partial charge in [0.2, 0.25) is 0 Å². The summed E-state index contributed by atoms with van der Waals surface area (Å²) in [5.41, 5.74) is 2.73. The zero-order valence-corrected chi connectivity index (χ0v) is 20.1. The molecule has 0 fully saturated rings. The van der Waals surface area contributed by atoms with Crippen LogP contribution in [-0.4, -0.2) is 36.6 Å². The predicted octanol–water partition coefficient (Wildman–Crippen LogP) is 3.72. The Bertz CT molecular complexity index is 1360. The topological polar surface area (TPSA) is 176 Å². The number of hydrogen-bond acceptors (Lipinski definition) is 11. The minimum atomic E-state index is -4.30. The molecule has 0 aliphatic carbocycles. The van der Waals surface area contributed by atoms with Gasteiger partial charge in [0, 0.05) is 18.2 Å². The molecular formula is C19H14IN5O8S. The highest BCUT2D eigenvalue weighted by Crippen LogP contribution is 2.36. The van der Waals surface area contributed by atoms with Crippen LogP contribution in [0.3, 0.4) is 0 Å². The molecule has 13 nitrogen and oxygen atoms in total. The number of hydrogen-bond donors (Lipinski definition) is 1. The minimum absolute atomic E-state index is 0.0661. The number of nitrogens with one attached hydrogen (secondary N) is 1. The van der Waals surface area contributed by atoms with E-state index in [0.29, 0.717) is 9.13 Å². The maximum absolute atomic E-state index is 12.6. The lowest BCUT2D eigenvalue weighted by molar-refractivity contribution is -0.385. The Morgan fingerprint density at radius 1 is 1.06 bits per heavy atom. The van der Waals surface area contributed by atoms with E-state index in [9.17, 15) is 28.6 Å². The number of nitro groups is 2. The maximum Gasteiger partial charge on any atom is 0.339 e. The molecular weight excluding hydrogens is 585 g/mol. The molecule has 3 rings (SSSR count). The molecule has 34 heavy (non-hydrogen) atoms. The van der Waals surface area contributed by atoms with E-state index in [2.05, 4.69) is 15.5 Å². The van der Waals surface area contributed by atoms with Crippen molar-refractivity contribution in [3.05, 3.63) is 84.1 Å². The van der Waals surface area contributed by atoms with E-state index in [4.69, 9.17) is 8.92 Å². The molecule has 1 aromatic heterocycles. The van der Waals surface area contributed by atoms with Gasteiger partial charge >= 0.3 is 10.1 Å². The summed E-state index contributed by atoms with van der Waals surface area (Å²) in [4.78, 5) is 23.8. The molecule has 0 bridgehead atoms. The number of rotatable bonds is 9. The van der Waals surface area contributed by atoms with Gasteiger partial charge in [0.15, 0.2) is 11.5 Å². The summed E-state index contributed by atoms with van der Waals surface area (Å²) in [6, 6.07) is 10.00. The smallest absolute Gasteiger partial charge is 0.339 e. The van der Waals surface area contributed by atoms with E-state index in [-0.39, 0.29) is 33.6 Å². The second-order valence-electron chi connectivity index (χ2n) is 6.35. The summed E-state index contributed by atoms with van der Waals surface area (Å²) in [5, 5.41) is 25.4. The standard InChI is InChI=1S/C19H14IN5O8S/c1-32-17-9-12(10-22-23-18-7-4-14(11-21-18)25(28)29)8-16(20)19(17)33-34(30,31)15-5-2-13(3-6-15)24(26)27/h2-11H,1H3,(H,21,23)/b22-10-. The molecule has 0 radical (unpaired) electrons. The van der Waals surface area contributed by atoms with E-state index in [1.165, 1.54) is 31.5 Å². The summed E-state index contributed by atoms with van der Waals surface area (Å²) in [6.45, 7) is 0. The highest BCUT2D eigenvalue weighted by atomic mass is 127. The van der Waals surface area contributed by atoms with Gasteiger partial charge in [0.1, 0.15) is 16.9 Å². The fourth-order valence-electron chi connectivity index (χ4n) is 2.52. The molecule has 3 aromatic rings. The zero-order chi connectivity index (χ0) is 24.9. The fourth-order valence-corrected chi connectivity index (χ4v) is 4.36. The van der Waals surface area contributed by atoms with Crippen molar-refractivity contribution in [3.8, 4) is 11.5 Å². The van der Waals surface area contributed by atoms with Gasteiger partial charge in [-0.2, -0.15) is 13.5 Å². The Hall–Kier alpha value is -3.86. The van der Waals surface area contributed by atoms with E-state index in [1.807, 2.05) is 22.6 Å². The Balaban J connectivity index is 1.79. The first-order valence-electron chi connectivity index (χ1n) is 9.06. The van der Waals surface area contributed by atoms with Crippen LogP contribution in [0.1, 0.15) is 5.56 Å². The number of hydrazone groups is 1. The molecule has 0 aliphatic heterocycles. The van der Waals surface area contributed by atoms with Crippen molar-refractivity contribution in [1.82, 2.24) is 4.98 Å². The first kappa shape index (κ1) is 24.8. The molecule has 0 spiro atoms. The zero-order valence-electron chi connectivity index (χ0n) is 17.1. The number of non-ortho nitro benzene ring substituents is 1. The Morgan fingerprint density at radius 2 is 1.71 bits per heavy atom. The first-order chi connectivity index (χ1) is 16.1. The molecule has 0 amide bonds. The average Bonchev–Trinajstić information content (AvgIpc) is 2.81. The second-order valence-corrected chi connectivity index (χ2v) is 9.06. The average molecular weight is 599 g/mol. The van der Waals surface area contributed by atoms with Crippen molar-refractivity contribution in [2.45, 2.75) is 4.90 Å². The van der Waals surface area contributed by atoms with Gasteiger partial charge in [0.25, 0.3) is 11.4 Å². The summed E-state index contributed by atoms with van der Waals surface area (Å²) < 4.78 is 36.2. The summed E-state index contributed by atoms with van der Waals surface area (Å²) in [5.74, 6) is 0.313. The van der Waals surface area contributed by atoms with Crippen LogP contribution in [0.25, 0.3) is 0 Å². The largest absolute Gasteiger partial charge is 0.493 e. The van der Waals surface area contributed by atoms with Crippen LogP contribution in [0.2, 0.25) is 0 Å². The molecule has 0 aliphatic rings. The van der Waals surface area contributed by atoms with Crippen LogP contribution in [0.4, 0.5) is 17.2 Å². The second kappa shape index (κ2) is 10.4. The van der Waals surface area contributed by atoms with Crippen molar-refractivity contribution in [1.29, 1.82) is 0 Å². The van der Waals surface area contributed by atoms with E-state index in [0.717, 1.165) is 30.5 Å². The van der Waals surface area contributed by atoms with Crippen molar-refractivity contribution in [2.24, 2.45) is 5.10 Å². The van der Waals surface area contributed by atoms with E-state index >= 15 is 0 Å². The number of ether oxygens (including phenoxy) is 1. The Kier molecular flexibility index (Phi) is 7.57. The van der Waals surface area contributed by atoms with Gasteiger partial charge in [0.05, 0.1) is 26.7 Å². The summed E-state index contributed by atoms with van der Waals surface area (Å²) in [6.07, 6.45) is 2.49. The van der Waals surface area contributed by atoms with E-state index in [1.54, 1.807) is 6.07 Å². The van der Waals surface area contributed by atoms with Gasteiger partial charge in [-0.1, -0.05) is 0 Å². The quantitative estimate of drug-likeness (QED) is 0.125. The van der Waals surface area contributed by atoms with Crippen molar-refractivity contribution < 1.29 is 27.2 Å². The van der Waals surface area contributed by atoms with E-state index < -0.39 is 20.0 Å². The number of benzene rings is 2.